The van der Waals surface area contributed by atoms with Crippen LogP contribution in [0.1, 0.15) is 31.3 Å². The monoisotopic (exact) mass is 278 g/mol. The third-order valence-corrected chi connectivity index (χ3v) is 3.53. The number of hydrogen-bond acceptors (Lipinski definition) is 3. The number of benzene rings is 1. The van der Waals surface area contributed by atoms with Crippen LogP contribution in [0.3, 0.4) is 0 Å². The van der Waals surface area contributed by atoms with Crippen molar-refractivity contribution in [1.82, 2.24) is 0 Å². The number of thiazole rings is 1. The minimum absolute atomic E-state index is 0.270. The van der Waals surface area contributed by atoms with Gasteiger partial charge < -0.3 is 4.74 Å². The predicted molar refractivity (Wildman–Crippen MR) is 78.2 cm³/mol. The fraction of sp³-hybridized carbons (Fsp3) is 0.333. The molecule has 0 fully saturated rings. The van der Waals surface area contributed by atoms with Crippen molar-refractivity contribution in [2.24, 2.45) is 7.05 Å². The third kappa shape index (κ3) is 3.64. The molecule has 0 spiro atoms. The molecular formula is C15H20NO2S+. The minimum atomic E-state index is -0.270. The second-order valence-corrected chi connectivity index (χ2v) is 4.43. The smallest absolute Gasteiger partial charge is 0.404 e. The number of carbonyl (C=O) groups excluding carboxylic acids is 1. The molecule has 0 radical (unpaired) electrons. The molecule has 2 aromatic rings. The minimum Gasteiger partial charge on any atom is -0.458 e. The average Bonchev–Trinajstić information content (AvgIpc) is 2.84. The van der Waals surface area contributed by atoms with Gasteiger partial charge >= 0.3 is 11.7 Å². The van der Waals surface area contributed by atoms with Crippen molar-refractivity contribution in [3.05, 3.63) is 41.4 Å². The lowest BCUT2D eigenvalue weighted by Crippen LogP contribution is -2.35. The molecule has 0 aliphatic rings. The molecule has 0 saturated carbocycles. The van der Waals surface area contributed by atoms with Crippen molar-refractivity contribution in [1.29, 1.82) is 0 Å². The summed E-state index contributed by atoms with van der Waals surface area (Å²) in [5.74, 6) is -0.270. The number of hydrogen-bond donors (Lipinski definition) is 0. The van der Waals surface area contributed by atoms with Crippen LogP contribution in [0.5, 0.6) is 0 Å². The van der Waals surface area contributed by atoms with E-state index in [-0.39, 0.29) is 5.97 Å². The number of esters is 1. The van der Waals surface area contributed by atoms with Crippen molar-refractivity contribution >= 4 is 17.3 Å². The summed E-state index contributed by atoms with van der Waals surface area (Å²) in [6, 6.07) is 10.0. The molecule has 0 unspecified atom stereocenters. The van der Waals surface area contributed by atoms with Crippen molar-refractivity contribution in [2.45, 2.75) is 20.8 Å². The molecular weight excluding hydrogens is 258 g/mol. The van der Waals surface area contributed by atoms with Gasteiger partial charge in [0.05, 0.1) is 17.6 Å². The van der Waals surface area contributed by atoms with Gasteiger partial charge in [0.15, 0.2) is 0 Å². The first-order chi connectivity index (χ1) is 9.24. The zero-order valence-electron chi connectivity index (χ0n) is 11.8. The van der Waals surface area contributed by atoms with Gasteiger partial charge in [-0.05, 0) is 19.1 Å². The Morgan fingerprint density at radius 2 is 1.89 bits per heavy atom. The van der Waals surface area contributed by atoms with Crippen LogP contribution in [0.15, 0.2) is 35.7 Å². The third-order valence-electron chi connectivity index (χ3n) is 2.45. The van der Waals surface area contributed by atoms with Crippen LogP contribution in [-0.4, -0.2) is 12.6 Å². The molecule has 0 aliphatic carbocycles. The predicted octanol–water partition coefficient (Wildman–Crippen LogP) is 3.44. The lowest BCUT2D eigenvalue weighted by atomic mass is 10.2. The Balaban J connectivity index is 0.000000861. The van der Waals surface area contributed by atoms with Crippen LogP contribution in [0.2, 0.25) is 0 Å². The van der Waals surface area contributed by atoms with Crippen LogP contribution >= 0.6 is 11.3 Å². The van der Waals surface area contributed by atoms with E-state index in [1.807, 2.05) is 68.1 Å². The molecule has 2 rings (SSSR count). The van der Waals surface area contributed by atoms with E-state index in [0.29, 0.717) is 12.3 Å². The first kappa shape index (κ1) is 15.4. The molecule has 4 heteroatoms. The van der Waals surface area contributed by atoms with Crippen molar-refractivity contribution in [3.63, 3.8) is 0 Å². The van der Waals surface area contributed by atoms with Crippen LogP contribution in [0.25, 0.3) is 10.6 Å². The number of carbonyl (C=O) groups is 1. The number of rotatable bonds is 3. The Bertz CT molecular complexity index is 520. The highest BCUT2D eigenvalue weighted by atomic mass is 32.1. The van der Waals surface area contributed by atoms with Crippen LogP contribution < -0.4 is 4.57 Å². The maximum absolute atomic E-state index is 11.7. The highest BCUT2D eigenvalue weighted by molar-refractivity contribution is 7.12. The highest BCUT2D eigenvalue weighted by Gasteiger charge is 2.24. The molecule has 0 saturated heterocycles. The summed E-state index contributed by atoms with van der Waals surface area (Å²) in [4.78, 5) is 11.7. The molecule has 1 heterocycles. The molecule has 0 amide bonds. The second-order valence-electron chi connectivity index (χ2n) is 3.57. The van der Waals surface area contributed by atoms with Crippen LogP contribution in [0.4, 0.5) is 0 Å². The van der Waals surface area contributed by atoms with Crippen molar-refractivity contribution < 1.29 is 14.1 Å². The van der Waals surface area contributed by atoms with E-state index >= 15 is 0 Å². The molecule has 0 N–H and O–H groups in total. The van der Waals surface area contributed by atoms with Gasteiger partial charge in [-0.1, -0.05) is 43.4 Å². The summed E-state index contributed by atoms with van der Waals surface area (Å²) in [5.41, 5.74) is 1.70. The Labute approximate surface area is 118 Å². The van der Waals surface area contributed by atoms with Gasteiger partial charge in [0.1, 0.15) is 7.05 Å². The van der Waals surface area contributed by atoms with E-state index in [4.69, 9.17) is 4.74 Å². The van der Waals surface area contributed by atoms with E-state index in [2.05, 4.69) is 0 Å². The summed E-state index contributed by atoms with van der Waals surface area (Å²) in [5, 5.41) is 2.88. The Kier molecular flexibility index (Phi) is 6.22. The van der Waals surface area contributed by atoms with E-state index in [1.165, 1.54) is 0 Å². The van der Waals surface area contributed by atoms with Crippen LogP contribution in [-0.2, 0) is 11.8 Å². The van der Waals surface area contributed by atoms with Gasteiger partial charge in [0.25, 0.3) is 5.01 Å². The molecule has 0 bridgehead atoms. The van der Waals surface area contributed by atoms with E-state index in [9.17, 15) is 4.79 Å². The second kappa shape index (κ2) is 7.69. The summed E-state index contributed by atoms with van der Waals surface area (Å²) in [6.07, 6.45) is 0. The number of aromatic nitrogens is 1. The summed E-state index contributed by atoms with van der Waals surface area (Å²) < 4.78 is 6.88. The normalized spacial score (nSPS) is 9.47. The topological polar surface area (TPSA) is 30.2 Å². The number of ether oxygens (including phenoxy) is 1. The maximum Gasteiger partial charge on any atom is 0.404 e. The largest absolute Gasteiger partial charge is 0.458 e. The Hall–Kier alpha value is -1.68. The average molecular weight is 278 g/mol. The Morgan fingerprint density at radius 3 is 2.47 bits per heavy atom. The van der Waals surface area contributed by atoms with Gasteiger partial charge in [-0.2, -0.15) is 4.57 Å². The van der Waals surface area contributed by atoms with E-state index in [1.54, 1.807) is 11.3 Å². The lowest BCUT2D eigenvalue weighted by Gasteiger charge is -1.97. The number of nitrogens with zero attached hydrogens (tertiary/aromatic N) is 1. The standard InChI is InChI=1S/C13H14NO2S.C2H6/c1-3-16-13(15)11-9-17-12(14(11)2)10-7-5-4-6-8-10;1-2/h4-9H,3H2,1-2H3;1-2H3/q+1;. The maximum atomic E-state index is 11.7. The summed E-state index contributed by atoms with van der Waals surface area (Å²) in [7, 11) is 1.88. The molecule has 102 valence electrons. The van der Waals surface area contributed by atoms with Gasteiger partial charge in [0.2, 0.25) is 0 Å². The zero-order valence-corrected chi connectivity index (χ0v) is 12.7. The molecule has 0 aliphatic heterocycles. The summed E-state index contributed by atoms with van der Waals surface area (Å²) in [6.45, 7) is 6.21. The Morgan fingerprint density at radius 1 is 1.26 bits per heavy atom. The van der Waals surface area contributed by atoms with E-state index < -0.39 is 0 Å². The molecule has 1 aromatic carbocycles. The fourth-order valence-electron chi connectivity index (χ4n) is 1.61. The molecule has 3 nitrogen and oxygen atoms in total. The quantitative estimate of drug-likeness (QED) is 0.636. The van der Waals surface area contributed by atoms with E-state index in [0.717, 1.165) is 10.6 Å². The van der Waals surface area contributed by atoms with Gasteiger partial charge in [-0.15, -0.1) is 0 Å². The zero-order chi connectivity index (χ0) is 14.3. The van der Waals surface area contributed by atoms with Gasteiger partial charge in [-0.3, -0.25) is 0 Å². The highest BCUT2D eigenvalue weighted by Crippen LogP contribution is 2.21. The van der Waals surface area contributed by atoms with Crippen LogP contribution in [0, 0.1) is 0 Å². The molecule has 19 heavy (non-hydrogen) atoms. The fourth-order valence-corrected chi connectivity index (χ4v) is 2.62. The molecule has 1 aromatic heterocycles. The summed E-state index contributed by atoms with van der Waals surface area (Å²) >= 11 is 1.55. The lowest BCUT2D eigenvalue weighted by molar-refractivity contribution is -0.658. The SMILES string of the molecule is CC.CCOC(=O)c1csc(-c2ccccc2)[n+]1C. The van der Waals surface area contributed by atoms with Gasteiger partial charge in [0, 0.05) is 0 Å². The van der Waals surface area contributed by atoms with Crippen molar-refractivity contribution in [2.75, 3.05) is 6.61 Å². The van der Waals surface area contributed by atoms with Crippen molar-refractivity contribution in [3.8, 4) is 10.6 Å². The van der Waals surface area contributed by atoms with Gasteiger partial charge in [-0.25, -0.2) is 4.79 Å². The first-order valence-electron chi connectivity index (χ1n) is 6.44. The molecule has 0 atom stereocenters. The first-order valence-corrected chi connectivity index (χ1v) is 7.32.